The first kappa shape index (κ1) is 14.3. The van der Waals surface area contributed by atoms with Crippen LogP contribution >= 0.6 is 11.6 Å². The predicted molar refractivity (Wildman–Crippen MR) is 77.3 cm³/mol. The molecule has 0 aliphatic carbocycles. The van der Waals surface area contributed by atoms with Gasteiger partial charge in [-0.05, 0) is 18.2 Å². The van der Waals surface area contributed by atoms with Crippen molar-refractivity contribution in [3.05, 3.63) is 64.7 Å². The van der Waals surface area contributed by atoms with Crippen molar-refractivity contribution in [2.24, 2.45) is 0 Å². The summed E-state index contributed by atoms with van der Waals surface area (Å²) in [6, 6.07) is 13.4. The molecule has 0 bridgehead atoms. The van der Waals surface area contributed by atoms with E-state index in [9.17, 15) is 9.59 Å². The zero-order chi connectivity index (χ0) is 14.5. The smallest absolute Gasteiger partial charge is 0.310 e. The first-order chi connectivity index (χ1) is 9.61. The number of benzene rings is 2. The second kappa shape index (κ2) is 6.35. The van der Waals surface area contributed by atoms with E-state index in [2.05, 4.69) is 0 Å². The van der Waals surface area contributed by atoms with E-state index in [0.29, 0.717) is 10.6 Å². The van der Waals surface area contributed by atoms with Crippen LogP contribution in [0.25, 0.3) is 0 Å². The number of carbonyl (C=O) groups excluding carboxylic acids is 2. The average molecular weight is 289 g/mol. The van der Waals surface area contributed by atoms with Gasteiger partial charge in [0, 0.05) is 17.0 Å². The first-order valence-electron chi connectivity index (χ1n) is 6.21. The van der Waals surface area contributed by atoms with Crippen LogP contribution in [0.3, 0.4) is 0 Å². The Labute approximate surface area is 122 Å². The number of ketones is 1. The van der Waals surface area contributed by atoms with Crippen molar-refractivity contribution in [2.45, 2.75) is 13.3 Å². The van der Waals surface area contributed by atoms with Crippen LogP contribution in [-0.4, -0.2) is 11.8 Å². The number of esters is 1. The molecule has 0 spiro atoms. The molecular formula is C16H13ClO3. The average Bonchev–Trinajstić information content (AvgIpc) is 2.49. The molecule has 0 heterocycles. The van der Waals surface area contributed by atoms with Crippen LogP contribution in [0.4, 0.5) is 0 Å². The van der Waals surface area contributed by atoms with Crippen molar-refractivity contribution in [3.8, 4) is 5.75 Å². The normalized spacial score (nSPS) is 10.1. The van der Waals surface area contributed by atoms with Crippen LogP contribution in [0.1, 0.15) is 29.3 Å². The minimum atomic E-state index is -0.394. The summed E-state index contributed by atoms with van der Waals surface area (Å²) < 4.78 is 5.17. The molecule has 0 saturated carbocycles. The Kier molecular flexibility index (Phi) is 4.53. The van der Waals surface area contributed by atoms with Gasteiger partial charge in [-0.3, -0.25) is 9.59 Å². The minimum absolute atomic E-state index is 0.230. The molecule has 2 aromatic carbocycles. The molecule has 20 heavy (non-hydrogen) atoms. The van der Waals surface area contributed by atoms with Crippen molar-refractivity contribution >= 4 is 23.4 Å². The summed E-state index contributed by atoms with van der Waals surface area (Å²) in [6.07, 6.45) is 0.238. The van der Waals surface area contributed by atoms with Crippen LogP contribution < -0.4 is 4.74 Å². The van der Waals surface area contributed by atoms with Crippen LogP contribution in [0, 0.1) is 0 Å². The largest absolute Gasteiger partial charge is 0.426 e. The molecule has 0 atom stereocenters. The third kappa shape index (κ3) is 3.25. The number of ether oxygens (including phenoxy) is 1. The Hall–Kier alpha value is -2.13. The number of hydrogen-bond donors (Lipinski definition) is 0. The molecule has 0 aliphatic rings. The van der Waals surface area contributed by atoms with Gasteiger partial charge in [-0.25, -0.2) is 0 Å². The maximum absolute atomic E-state index is 12.4. The molecule has 4 heteroatoms. The summed E-state index contributed by atoms with van der Waals surface area (Å²) >= 11 is 5.93. The summed E-state index contributed by atoms with van der Waals surface area (Å²) in [5, 5.41) is 0.417. The molecule has 2 rings (SSSR count). The third-order valence-corrected chi connectivity index (χ3v) is 2.97. The fraction of sp³-hybridized carbons (Fsp3) is 0.125. The van der Waals surface area contributed by atoms with Gasteiger partial charge in [0.25, 0.3) is 0 Å². The monoisotopic (exact) mass is 288 g/mol. The van der Waals surface area contributed by atoms with E-state index in [4.69, 9.17) is 16.3 Å². The fourth-order valence-corrected chi connectivity index (χ4v) is 1.88. The second-order valence-corrected chi connectivity index (χ2v) is 4.60. The standard InChI is InChI=1S/C16H13ClO3/c1-2-15(18)20-14-9-8-12(17)10-13(14)16(19)11-6-4-3-5-7-11/h3-10H,2H2,1H3. The van der Waals surface area contributed by atoms with E-state index < -0.39 is 5.97 Å². The highest BCUT2D eigenvalue weighted by Gasteiger charge is 2.17. The molecule has 0 saturated heterocycles. The van der Waals surface area contributed by atoms with Crippen molar-refractivity contribution < 1.29 is 14.3 Å². The molecule has 0 radical (unpaired) electrons. The summed E-state index contributed by atoms with van der Waals surface area (Å²) in [5.41, 5.74) is 0.800. The van der Waals surface area contributed by atoms with Gasteiger partial charge >= 0.3 is 5.97 Å². The van der Waals surface area contributed by atoms with Crippen LogP contribution in [0.2, 0.25) is 5.02 Å². The van der Waals surface area contributed by atoms with Crippen molar-refractivity contribution in [3.63, 3.8) is 0 Å². The SMILES string of the molecule is CCC(=O)Oc1ccc(Cl)cc1C(=O)c1ccccc1. The minimum Gasteiger partial charge on any atom is -0.426 e. The lowest BCUT2D eigenvalue weighted by molar-refractivity contribution is -0.134. The molecule has 0 N–H and O–H groups in total. The van der Waals surface area contributed by atoms with Gasteiger partial charge in [0.1, 0.15) is 5.75 Å². The maximum Gasteiger partial charge on any atom is 0.310 e. The zero-order valence-corrected chi connectivity index (χ0v) is 11.7. The van der Waals surface area contributed by atoms with E-state index in [1.165, 1.54) is 12.1 Å². The van der Waals surface area contributed by atoms with E-state index >= 15 is 0 Å². The molecule has 0 unspecified atom stereocenters. The highest BCUT2D eigenvalue weighted by molar-refractivity contribution is 6.31. The number of rotatable bonds is 4. The van der Waals surface area contributed by atoms with E-state index in [1.807, 2.05) is 6.07 Å². The van der Waals surface area contributed by atoms with E-state index in [-0.39, 0.29) is 23.5 Å². The first-order valence-corrected chi connectivity index (χ1v) is 6.59. The number of halogens is 1. The Balaban J connectivity index is 2.41. The highest BCUT2D eigenvalue weighted by Crippen LogP contribution is 2.26. The topological polar surface area (TPSA) is 43.4 Å². The van der Waals surface area contributed by atoms with Crippen molar-refractivity contribution in [1.29, 1.82) is 0 Å². The molecule has 0 amide bonds. The summed E-state index contributed by atoms with van der Waals surface area (Å²) in [6.45, 7) is 1.69. The summed E-state index contributed by atoms with van der Waals surface area (Å²) in [7, 11) is 0. The highest BCUT2D eigenvalue weighted by atomic mass is 35.5. The molecule has 102 valence electrons. The third-order valence-electron chi connectivity index (χ3n) is 2.73. The Morgan fingerprint density at radius 2 is 1.80 bits per heavy atom. The van der Waals surface area contributed by atoms with Crippen LogP contribution in [0.5, 0.6) is 5.75 Å². The molecular weight excluding hydrogens is 276 g/mol. The van der Waals surface area contributed by atoms with Crippen LogP contribution in [-0.2, 0) is 4.79 Å². The van der Waals surface area contributed by atoms with Gasteiger partial charge < -0.3 is 4.74 Å². The van der Waals surface area contributed by atoms with Gasteiger partial charge in [0.15, 0.2) is 5.78 Å². The van der Waals surface area contributed by atoms with Crippen LogP contribution in [0.15, 0.2) is 48.5 Å². The fourth-order valence-electron chi connectivity index (χ4n) is 1.71. The van der Waals surface area contributed by atoms with Gasteiger partial charge in [-0.1, -0.05) is 48.9 Å². The lowest BCUT2D eigenvalue weighted by Gasteiger charge is -2.09. The Morgan fingerprint density at radius 1 is 1.10 bits per heavy atom. The lowest BCUT2D eigenvalue weighted by Crippen LogP contribution is -2.10. The second-order valence-electron chi connectivity index (χ2n) is 4.16. The quantitative estimate of drug-likeness (QED) is 0.487. The van der Waals surface area contributed by atoms with Gasteiger partial charge in [0.2, 0.25) is 0 Å². The lowest BCUT2D eigenvalue weighted by atomic mass is 10.0. The molecule has 0 aromatic heterocycles. The van der Waals surface area contributed by atoms with Crippen molar-refractivity contribution in [1.82, 2.24) is 0 Å². The summed E-state index contributed by atoms with van der Waals surface area (Å²) in [4.78, 5) is 23.9. The van der Waals surface area contributed by atoms with E-state index in [1.54, 1.807) is 37.3 Å². The molecule has 3 nitrogen and oxygen atoms in total. The van der Waals surface area contributed by atoms with Gasteiger partial charge in [-0.15, -0.1) is 0 Å². The predicted octanol–water partition coefficient (Wildman–Crippen LogP) is 3.89. The van der Waals surface area contributed by atoms with Crippen molar-refractivity contribution in [2.75, 3.05) is 0 Å². The van der Waals surface area contributed by atoms with Gasteiger partial charge in [0.05, 0.1) is 5.56 Å². The zero-order valence-electron chi connectivity index (χ0n) is 10.9. The maximum atomic E-state index is 12.4. The Bertz CT molecular complexity index is 635. The number of hydrogen-bond acceptors (Lipinski definition) is 3. The molecule has 0 aliphatic heterocycles. The molecule has 0 fully saturated rings. The number of carbonyl (C=O) groups is 2. The van der Waals surface area contributed by atoms with E-state index in [0.717, 1.165) is 0 Å². The molecule has 2 aromatic rings. The Morgan fingerprint density at radius 3 is 2.45 bits per heavy atom. The van der Waals surface area contributed by atoms with Gasteiger partial charge in [-0.2, -0.15) is 0 Å². The summed E-state index contributed by atoms with van der Waals surface area (Å²) in [5.74, 6) is -0.392.